The summed E-state index contributed by atoms with van der Waals surface area (Å²) in [4.78, 5) is 21.5. The zero-order valence-corrected chi connectivity index (χ0v) is 89.8. The first-order valence-corrected chi connectivity index (χ1v) is 53.1. The number of benzene rings is 5. The zero-order valence-electron chi connectivity index (χ0n) is 81.2. The summed E-state index contributed by atoms with van der Waals surface area (Å²) >= 11 is 9.88. The number of rotatable bonds is 11. The molecule has 0 radical (unpaired) electrons. The minimum absolute atomic E-state index is 0.319. The molecule has 0 spiro atoms. The molecule has 120 heavy (non-hydrogen) atoms. The molecule has 16 fully saturated rings. The molecule has 670 valence electrons. The van der Waals surface area contributed by atoms with Crippen LogP contribution in [-0.4, -0.2) is 132 Å². The zero-order chi connectivity index (χ0) is 87.6. The van der Waals surface area contributed by atoms with Crippen molar-refractivity contribution in [3.05, 3.63) is 149 Å². The first-order valence-electron chi connectivity index (χ1n) is 48.3. The van der Waals surface area contributed by atoms with Gasteiger partial charge in [-0.3, -0.25) is 19.6 Å². The van der Waals surface area contributed by atoms with Crippen LogP contribution in [0, 0.1) is 119 Å². The van der Waals surface area contributed by atoms with E-state index in [0.717, 1.165) is 103 Å². The maximum absolute atomic E-state index is 3.04. The van der Waals surface area contributed by atoms with Gasteiger partial charge in [0.1, 0.15) is 0 Å². The lowest BCUT2D eigenvalue weighted by atomic mass is 9.52. The minimum Gasteiger partial charge on any atom is -0.352 e. The molecule has 0 aromatic heterocycles. The Kier molecular flexibility index (Phi) is 34.1. The number of hydrogen-bond acceptors (Lipinski definition) is 8. The summed E-state index contributed by atoms with van der Waals surface area (Å²) < 4.78 is 3.92. The van der Waals surface area contributed by atoms with Crippen LogP contribution in [0.4, 0.5) is 22.7 Å². The molecule has 0 amide bonds. The molecule has 4 heterocycles. The van der Waals surface area contributed by atoms with Crippen molar-refractivity contribution in [1.29, 1.82) is 0 Å². The van der Waals surface area contributed by atoms with E-state index in [4.69, 9.17) is 0 Å². The van der Waals surface area contributed by atoms with Gasteiger partial charge in [-0.05, 0) is 385 Å². The van der Waals surface area contributed by atoms with Gasteiger partial charge < -0.3 is 19.6 Å². The highest BCUT2D eigenvalue weighted by molar-refractivity contribution is 14.1. The molecule has 4 aliphatic heterocycles. The van der Waals surface area contributed by atoms with Crippen molar-refractivity contribution in [3.63, 3.8) is 0 Å². The molecule has 0 atom stereocenters. The summed E-state index contributed by atoms with van der Waals surface area (Å²) in [5.74, 6) is 12.1. The van der Waals surface area contributed by atoms with Gasteiger partial charge in [0.25, 0.3) is 0 Å². The van der Waals surface area contributed by atoms with E-state index in [9.17, 15) is 0 Å². The molecule has 4 saturated heterocycles. The molecule has 8 nitrogen and oxygen atoms in total. The first-order chi connectivity index (χ1) is 56.2. The average Bonchev–Trinajstić information content (AvgIpc) is 1.41. The third kappa shape index (κ3) is 25.0. The van der Waals surface area contributed by atoms with Crippen LogP contribution in [0.3, 0.4) is 0 Å². The molecular weight excluding hydrogens is 1920 g/mol. The van der Waals surface area contributed by atoms with Crippen LogP contribution in [0.5, 0.6) is 0 Å². The SMILES string of the molecule is C1C2CC3CC1CC(N1CCN(C45CC6CC(CC(C6)C4)C5)C1)(C2)C3.CC(C)(C)I.CC(C)(C)N1CCN(C(C)(C)C)C1.CC(C)c1cccc(C(C)C)c1N1CCN(c2c(C(C)C)cccc2C(C)C)C1.CCCI.Cc1cc(C)c(I)c(C)c1.Cc1cc(C)c(N2CCN(c3c(C)cc(C)cc3C)C2)c(C)c1.IC12CC3CC(CC(C3)C1)C2. The Labute approximate surface area is 791 Å². The van der Waals surface area contributed by atoms with Crippen molar-refractivity contribution in [2.45, 2.75) is 362 Å². The molecule has 12 aliphatic carbocycles. The van der Waals surface area contributed by atoms with Gasteiger partial charge in [-0.2, -0.15) is 0 Å². The fraction of sp³-hybridized carbons (Fsp3) is 0.722. The predicted octanol–water partition coefficient (Wildman–Crippen LogP) is 29.6. The number of para-hydroxylation sites is 2. The van der Waals surface area contributed by atoms with Gasteiger partial charge in [0.05, 0.1) is 26.7 Å². The van der Waals surface area contributed by atoms with Crippen LogP contribution < -0.4 is 19.6 Å². The Morgan fingerprint density at radius 3 is 0.800 bits per heavy atom. The lowest BCUT2D eigenvalue weighted by Crippen LogP contribution is -2.62. The Bertz CT molecular complexity index is 3730. The van der Waals surface area contributed by atoms with Crippen molar-refractivity contribution in [2.75, 3.05) is 103 Å². The van der Waals surface area contributed by atoms with Crippen LogP contribution in [0.15, 0.2) is 72.8 Å². The van der Waals surface area contributed by atoms with Crippen LogP contribution in [0.25, 0.3) is 0 Å². The van der Waals surface area contributed by atoms with E-state index in [2.05, 4.69) is 389 Å². The highest BCUT2D eigenvalue weighted by atomic mass is 127. The van der Waals surface area contributed by atoms with E-state index in [0.29, 0.717) is 49.2 Å². The Hall–Kier alpha value is -1.94. The lowest BCUT2D eigenvalue weighted by molar-refractivity contribution is -0.111. The summed E-state index contributed by atoms with van der Waals surface area (Å²) in [6.45, 7) is 74.8. The van der Waals surface area contributed by atoms with Gasteiger partial charge in [0, 0.05) is 108 Å². The quantitative estimate of drug-likeness (QED) is 0.0954. The van der Waals surface area contributed by atoms with Gasteiger partial charge in [-0.1, -0.05) is 240 Å². The monoisotopic (exact) mass is 2090 g/mol. The summed E-state index contributed by atoms with van der Waals surface area (Å²) in [6, 6.07) is 27.4. The molecule has 12 saturated carbocycles. The molecule has 21 rings (SSSR count). The fourth-order valence-electron chi connectivity index (χ4n) is 26.1. The summed E-state index contributed by atoms with van der Waals surface area (Å²) in [5, 5.41) is 0. The van der Waals surface area contributed by atoms with Gasteiger partial charge in [-0.25, -0.2) is 0 Å². The number of anilines is 4. The van der Waals surface area contributed by atoms with Crippen molar-refractivity contribution in [2.24, 2.45) is 53.3 Å². The number of nitrogens with zero attached hydrogens (tertiary/aromatic N) is 8. The topological polar surface area (TPSA) is 25.9 Å². The van der Waals surface area contributed by atoms with Crippen molar-refractivity contribution >= 4 is 113 Å². The second-order valence-electron chi connectivity index (χ2n) is 45.5. The van der Waals surface area contributed by atoms with E-state index in [1.807, 2.05) is 0 Å². The number of alkyl halides is 3. The molecule has 5 aromatic rings. The molecule has 5 aromatic carbocycles. The summed E-state index contributed by atoms with van der Waals surface area (Å²) in [7, 11) is 0. The lowest BCUT2D eigenvalue weighted by Gasteiger charge is -2.61. The van der Waals surface area contributed by atoms with Gasteiger partial charge in [0.2, 0.25) is 0 Å². The molecule has 16 aliphatic rings. The first kappa shape index (κ1) is 98.6. The molecular formula is C108H170I4N8. The van der Waals surface area contributed by atoms with Gasteiger partial charge in [0.15, 0.2) is 0 Å². The highest BCUT2D eigenvalue weighted by Crippen LogP contribution is 2.62. The third-order valence-corrected chi connectivity index (χ3v) is 34.2. The smallest absolute Gasteiger partial charge is 0.0904 e. The largest absolute Gasteiger partial charge is 0.352 e. The number of hydrogen-bond donors (Lipinski definition) is 0. The maximum Gasteiger partial charge on any atom is 0.0904 e. The fourth-order valence-corrected chi connectivity index (χ4v) is 28.3. The second-order valence-corrected chi connectivity index (χ2v) is 53.2. The van der Waals surface area contributed by atoms with E-state index in [1.54, 1.807) is 116 Å². The van der Waals surface area contributed by atoms with Gasteiger partial charge >= 0.3 is 0 Å². The standard InChI is InChI=1S/C27H40N2.C23H36N2.C21H28N2.C11H24N2.C10H15I.C9H11I.C4H9I.C3H7I/c1-18(2)22-11-9-12-23(19(3)4)26(22)28-15-16-29(17-28)27-24(20(5)6)13-10-14-25(27)21(7)8;1-2-25(23-12-19-6-20(13-23)8-21(7-19)14-23)15-24(1)22-9-16-3-17(10-22)5-18(4-16)11-22;1-14-9-16(3)20(17(4)10-14)22-7-8-23(13-22)21-18(5)11-15(2)12-19(21)6;1-10(2,3)12-7-8-13(9-12)11(4,5)6;11-10-4-7-1-8(5-10)3-9(2-7)6-10;1-6-4-7(2)9(10)8(3)5-6;1-4(2,3)5;1-2-3-4/h9-14,18-21H,15-17H2,1-8H3;16-21H,1-15H2;9-12H,7-8,13H2,1-6H3;7-9H2,1-6H3;7-9H,1-6H2;4-5H,1-3H3;1-3H3;2-3H2,1H3. The summed E-state index contributed by atoms with van der Waals surface area (Å²) in [5.41, 5.74) is 26.1. The Morgan fingerprint density at radius 2 is 0.583 bits per heavy atom. The van der Waals surface area contributed by atoms with Crippen LogP contribution >= 0.6 is 90.4 Å². The molecule has 12 heteroatoms. The minimum atomic E-state index is 0.319. The van der Waals surface area contributed by atoms with Crippen molar-refractivity contribution < 1.29 is 0 Å². The number of halogens is 4. The third-order valence-electron chi connectivity index (χ3n) is 30.1. The van der Waals surface area contributed by atoms with Crippen LogP contribution in [-0.2, 0) is 0 Å². The highest BCUT2D eigenvalue weighted by Gasteiger charge is 2.59. The Morgan fingerprint density at radius 1 is 0.350 bits per heavy atom. The molecule has 12 bridgehead atoms. The van der Waals surface area contributed by atoms with Crippen molar-refractivity contribution in [1.82, 2.24) is 19.6 Å². The second kappa shape index (κ2) is 41.4. The Balaban J connectivity index is 0.000000143. The van der Waals surface area contributed by atoms with Gasteiger partial charge in [-0.15, -0.1) is 0 Å². The predicted molar refractivity (Wildman–Crippen MR) is 559 cm³/mol. The van der Waals surface area contributed by atoms with E-state index in [-0.39, 0.29) is 0 Å². The number of aryl methyl sites for hydroxylation is 9. The van der Waals surface area contributed by atoms with Crippen molar-refractivity contribution in [3.8, 4) is 0 Å². The normalized spacial score (nSPS) is 28.5. The van der Waals surface area contributed by atoms with E-state index >= 15 is 0 Å². The van der Waals surface area contributed by atoms with E-state index in [1.165, 1.54) is 142 Å². The average molecular weight is 2090 g/mol. The summed E-state index contributed by atoms with van der Waals surface area (Å²) in [6.07, 6.45) is 29.6. The molecule has 0 N–H and O–H groups in total. The van der Waals surface area contributed by atoms with Crippen LogP contribution in [0.2, 0.25) is 0 Å². The van der Waals surface area contributed by atoms with E-state index < -0.39 is 0 Å². The molecule has 0 unspecified atom stereocenters. The maximum atomic E-state index is 3.04. The van der Waals surface area contributed by atoms with Crippen LogP contribution in [0.1, 0.15) is 343 Å².